The normalized spacial score (nSPS) is 11.8. The number of pyridine rings is 1. The van der Waals surface area contributed by atoms with Crippen LogP contribution in [-0.2, 0) is 6.42 Å². The van der Waals surface area contributed by atoms with Crippen LogP contribution in [0.5, 0.6) is 0 Å². The molecule has 7 heteroatoms. The molecule has 1 aromatic heterocycles. The molecule has 0 N–H and O–H groups in total. The molecule has 118 valence electrons. The first-order chi connectivity index (χ1) is 9.64. The van der Waals surface area contributed by atoms with Crippen LogP contribution in [-0.4, -0.2) is 34.6 Å². The molecule has 1 amide bonds. The number of rotatable bonds is 5. The van der Waals surface area contributed by atoms with Crippen molar-refractivity contribution in [3.8, 4) is 0 Å². The zero-order valence-corrected chi connectivity index (χ0v) is 12.9. The van der Waals surface area contributed by atoms with Gasteiger partial charge in [0.25, 0.3) is 5.91 Å². The van der Waals surface area contributed by atoms with E-state index in [1.807, 2.05) is 6.92 Å². The fourth-order valence-electron chi connectivity index (χ4n) is 1.91. The van der Waals surface area contributed by atoms with Crippen molar-refractivity contribution in [1.29, 1.82) is 0 Å². The van der Waals surface area contributed by atoms with Crippen molar-refractivity contribution in [2.45, 2.75) is 45.8 Å². The van der Waals surface area contributed by atoms with E-state index >= 15 is 0 Å². The summed E-state index contributed by atoms with van der Waals surface area (Å²) in [5.41, 5.74) is 0.737. The number of amides is 1. The third-order valence-electron chi connectivity index (χ3n) is 2.83. The molecule has 0 aliphatic heterocycles. The van der Waals surface area contributed by atoms with Crippen molar-refractivity contribution in [2.24, 2.45) is 0 Å². The van der Waals surface area contributed by atoms with E-state index in [-0.39, 0.29) is 10.7 Å². The van der Waals surface area contributed by atoms with Crippen LogP contribution >= 0.6 is 11.6 Å². The van der Waals surface area contributed by atoms with Gasteiger partial charge in [0.15, 0.2) is 0 Å². The number of aromatic nitrogens is 1. The first-order valence-electron chi connectivity index (χ1n) is 6.68. The van der Waals surface area contributed by atoms with Crippen LogP contribution in [0.2, 0.25) is 5.15 Å². The number of carbonyl (C=O) groups excluding carboxylic acids is 1. The van der Waals surface area contributed by atoms with Gasteiger partial charge in [-0.15, -0.1) is 0 Å². The second-order valence-corrected chi connectivity index (χ2v) is 5.45. The summed E-state index contributed by atoms with van der Waals surface area (Å²) >= 11 is 5.84. The van der Waals surface area contributed by atoms with Crippen molar-refractivity contribution < 1.29 is 18.0 Å². The summed E-state index contributed by atoms with van der Waals surface area (Å²) < 4.78 is 37.8. The maximum Gasteiger partial charge on any atom is 0.406 e. The molecule has 0 unspecified atom stereocenters. The molecule has 0 radical (unpaired) electrons. The molecule has 0 aliphatic rings. The fraction of sp³-hybridized carbons (Fsp3) is 0.571. The maximum absolute atomic E-state index is 12.6. The molecule has 0 spiro atoms. The van der Waals surface area contributed by atoms with Gasteiger partial charge >= 0.3 is 6.18 Å². The standard InChI is InChI=1S/C14H18ClF3N2O/c1-4-5-11-6-10(7-12(15)19-11)13(21)20(9(2)3)8-14(16,17)18/h6-7,9H,4-5,8H2,1-3H3. The fourth-order valence-corrected chi connectivity index (χ4v) is 2.13. The number of hydrogen-bond acceptors (Lipinski definition) is 2. The summed E-state index contributed by atoms with van der Waals surface area (Å²) in [6.45, 7) is 3.74. The largest absolute Gasteiger partial charge is 0.406 e. The van der Waals surface area contributed by atoms with Crippen molar-refractivity contribution in [2.75, 3.05) is 6.54 Å². The van der Waals surface area contributed by atoms with Crippen LogP contribution in [0.4, 0.5) is 13.2 Å². The van der Waals surface area contributed by atoms with Gasteiger partial charge in [0.2, 0.25) is 0 Å². The molecule has 1 heterocycles. The monoisotopic (exact) mass is 322 g/mol. The molecule has 0 aromatic carbocycles. The lowest BCUT2D eigenvalue weighted by Crippen LogP contribution is -2.43. The maximum atomic E-state index is 12.6. The summed E-state index contributed by atoms with van der Waals surface area (Å²) in [5, 5.41) is 0.111. The zero-order valence-electron chi connectivity index (χ0n) is 12.2. The molecule has 0 aliphatic carbocycles. The number of nitrogens with zero attached hydrogens (tertiary/aromatic N) is 2. The van der Waals surface area contributed by atoms with Gasteiger partial charge in [-0.3, -0.25) is 4.79 Å². The van der Waals surface area contributed by atoms with E-state index in [1.54, 1.807) is 13.8 Å². The summed E-state index contributed by atoms with van der Waals surface area (Å²) in [6, 6.07) is 2.24. The average Bonchev–Trinajstić information content (AvgIpc) is 2.33. The van der Waals surface area contributed by atoms with Crippen molar-refractivity contribution in [3.63, 3.8) is 0 Å². The zero-order chi connectivity index (χ0) is 16.2. The van der Waals surface area contributed by atoms with E-state index < -0.39 is 24.7 Å². The number of alkyl halides is 3. The Bertz CT molecular complexity index is 503. The van der Waals surface area contributed by atoms with Crippen molar-refractivity contribution in [1.82, 2.24) is 9.88 Å². The lowest BCUT2D eigenvalue weighted by molar-refractivity contribution is -0.143. The van der Waals surface area contributed by atoms with E-state index in [1.165, 1.54) is 12.1 Å². The summed E-state index contributed by atoms with van der Waals surface area (Å²) in [4.78, 5) is 17.1. The van der Waals surface area contributed by atoms with Gasteiger partial charge in [0.05, 0.1) is 0 Å². The molecular formula is C14H18ClF3N2O. The van der Waals surface area contributed by atoms with Crippen LogP contribution in [0.3, 0.4) is 0 Å². The third kappa shape index (κ3) is 5.53. The second-order valence-electron chi connectivity index (χ2n) is 5.06. The Morgan fingerprint density at radius 2 is 2.00 bits per heavy atom. The van der Waals surface area contributed by atoms with Gasteiger partial charge < -0.3 is 4.90 Å². The van der Waals surface area contributed by atoms with Crippen molar-refractivity contribution >= 4 is 17.5 Å². The highest BCUT2D eigenvalue weighted by Gasteiger charge is 2.34. The number of halogens is 4. The Labute approximate surface area is 127 Å². The average molecular weight is 323 g/mol. The van der Waals surface area contributed by atoms with Crippen LogP contribution in [0.25, 0.3) is 0 Å². The molecule has 3 nitrogen and oxygen atoms in total. The van der Waals surface area contributed by atoms with Gasteiger partial charge in [-0.25, -0.2) is 4.98 Å². The highest BCUT2D eigenvalue weighted by atomic mass is 35.5. The number of carbonyl (C=O) groups is 1. The minimum absolute atomic E-state index is 0.111. The predicted octanol–water partition coefficient (Wildman–Crippen LogP) is 4.10. The minimum atomic E-state index is -4.44. The SMILES string of the molecule is CCCc1cc(C(=O)N(CC(F)(F)F)C(C)C)cc(Cl)n1. The number of hydrogen-bond donors (Lipinski definition) is 0. The first kappa shape index (κ1) is 17.8. The van der Waals surface area contributed by atoms with Gasteiger partial charge in [-0.2, -0.15) is 13.2 Å². The Kier molecular flexibility index (Phi) is 6.01. The lowest BCUT2D eigenvalue weighted by Gasteiger charge is -2.28. The van der Waals surface area contributed by atoms with Gasteiger partial charge in [0.1, 0.15) is 11.7 Å². The van der Waals surface area contributed by atoms with Crippen LogP contribution < -0.4 is 0 Å². The van der Waals surface area contributed by atoms with Crippen LogP contribution in [0.1, 0.15) is 43.2 Å². The Hall–Kier alpha value is -1.30. The molecule has 1 aromatic rings. The lowest BCUT2D eigenvalue weighted by atomic mass is 10.1. The molecule has 0 fully saturated rings. The quantitative estimate of drug-likeness (QED) is 0.765. The first-order valence-corrected chi connectivity index (χ1v) is 7.06. The van der Waals surface area contributed by atoms with E-state index in [0.717, 1.165) is 11.3 Å². The Balaban J connectivity index is 3.09. The van der Waals surface area contributed by atoms with Gasteiger partial charge in [-0.05, 0) is 32.4 Å². The second kappa shape index (κ2) is 7.11. The van der Waals surface area contributed by atoms with Crippen molar-refractivity contribution in [3.05, 3.63) is 28.5 Å². The Morgan fingerprint density at radius 3 is 2.48 bits per heavy atom. The molecule has 0 atom stereocenters. The van der Waals surface area contributed by atoms with E-state index in [0.29, 0.717) is 12.1 Å². The minimum Gasteiger partial charge on any atom is -0.327 e. The highest BCUT2D eigenvalue weighted by molar-refractivity contribution is 6.29. The van der Waals surface area contributed by atoms with E-state index in [2.05, 4.69) is 4.98 Å². The summed E-state index contributed by atoms with van der Waals surface area (Å²) in [5.74, 6) is -0.691. The molecule has 21 heavy (non-hydrogen) atoms. The molecule has 0 saturated heterocycles. The Morgan fingerprint density at radius 1 is 1.38 bits per heavy atom. The third-order valence-corrected chi connectivity index (χ3v) is 3.03. The van der Waals surface area contributed by atoms with E-state index in [4.69, 9.17) is 11.6 Å². The molecular weight excluding hydrogens is 305 g/mol. The molecule has 0 bridgehead atoms. The predicted molar refractivity (Wildman–Crippen MR) is 75.5 cm³/mol. The summed E-state index contributed by atoms with van der Waals surface area (Å²) in [6.07, 6.45) is -3.03. The van der Waals surface area contributed by atoms with Crippen LogP contribution in [0, 0.1) is 0 Å². The van der Waals surface area contributed by atoms with Gasteiger partial charge in [-0.1, -0.05) is 24.9 Å². The van der Waals surface area contributed by atoms with Gasteiger partial charge in [0, 0.05) is 17.3 Å². The highest BCUT2D eigenvalue weighted by Crippen LogP contribution is 2.21. The molecule has 1 rings (SSSR count). The smallest absolute Gasteiger partial charge is 0.327 e. The van der Waals surface area contributed by atoms with E-state index in [9.17, 15) is 18.0 Å². The molecule has 0 saturated carbocycles. The topological polar surface area (TPSA) is 33.2 Å². The van der Waals surface area contributed by atoms with Crippen LogP contribution in [0.15, 0.2) is 12.1 Å². The summed E-state index contributed by atoms with van der Waals surface area (Å²) in [7, 11) is 0. The number of aryl methyl sites for hydroxylation is 1.